The average Bonchev–Trinajstić information content (AvgIpc) is 0.538. The summed E-state index contributed by atoms with van der Waals surface area (Å²) in [6, 6.07) is -9.24. The third-order valence-electron chi connectivity index (χ3n) is 22.8. The minimum absolute atomic E-state index is 0.805. The van der Waals surface area contributed by atoms with Crippen molar-refractivity contribution in [1.82, 2.24) is 26.6 Å². The molecule has 722 valence electrons. The average molecular weight is 1830 g/mol. The van der Waals surface area contributed by atoms with Crippen molar-refractivity contribution in [3.8, 4) is 0 Å². The van der Waals surface area contributed by atoms with Crippen LogP contribution in [0.2, 0.25) is 0 Å². The molecule has 10 heterocycles. The number of hydrogen-bond donors (Lipinski definition) is 31. The van der Waals surface area contributed by atoms with Crippen molar-refractivity contribution in [1.29, 1.82) is 0 Å². The largest absolute Gasteiger partial charge is 0.394 e. The molecule has 125 heavy (non-hydrogen) atoms. The fourth-order valence-corrected chi connectivity index (χ4v) is 16.1. The molecule has 0 aromatic carbocycles. The zero-order valence-electron chi connectivity index (χ0n) is 67.7. The Kier molecular flexibility index (Phi) is 36.8. The Morgan fingerprint density at radius 2 is 0.496 bits per heavy atom. The first-order valence-electron chi connectivity index (χ1n) is 40.0. The molecule has 0 aromatic heterocycles. The molecule has 10 fully saturated rings. The van der Waals surface area contributed by atoms with Gasteiger partial charge >= 0.3 is 0 Å². The summed E-state index contributed by atoms with van der Waals surface area (Å²) in [5.41, 5.74) is 0. The zero-order chi connectivity index (χ0) is 92.1. The van der Waals surface area contributed by atoms with Gasteiger partial charge in [-0.2, -0.15) is 0 Å². The lowest BCUT2D eigenvalue weighted by Crippen LogP contribution is -2.70. The van der Waals surface area contributed by atoms with Crippen LogP contribution >= 0.6 is 0 Å². The number of hydrogen-bond acceptors (Lipinski definition) is 50. The molecule has 0 radical (unpaired) electrons. The van der Waals surface area contributed by atoms with Crippen LogP contribution in [0.4, 0.5) is 0 Å². The van der Waals surface area contributed by atoms with Crippen molar-refractivity contribution in [3.05, 3.63) is 0 Å². The third kappa shape index (κ3) is 23.3. The van der Waals surface area contributed by atoms with E-state index in [9.17, 15) is 157 Å². The zero-order valence-corrected chi connectivity index (χ0v) is 67.7. The van der Waals surface area contributed by atoms with Gasteiger partial charge in [-0.05, 0) is 6.92 Å². The van der Waals surface area contributed by atoms with Crippen LogP contribution in [0.1, 0.15) is 41.5 Å². The van der Waals surface area contributed by atoms with Crippen LogP contribution < -0.4 is 26.6 Å². The minimum atomic E-state index is -2.63. The minimum Gasteiger partial charge on any atom is -0.394 e. The second kappa shape index (κ2) is 44.9. The van der Waals surface area contributed by atoms with E-state index >= 15 is 0 Å². The Labute approximate surface area is 708 Å². The fraction of sp³-hybridized carbons (Fsp3) is 0.929. The van der Waals surface area contributed by atoms with Crippen molar-refractivity contribution in [3.63, 3.8) is 0 Å². The standard InChI is InChI=1S/C70H117N5O50/c1-16-36(87)48(99)52(103)66(110-16)108-14-28-40(91)44(95)33(73-19(4)84)64(117-28)125-60-50(101)39(90)24(9-78)114-70(60)123-58-42(93)30(118-68(54(58)105)122-57-27(12-81)116-65(35(47(57)98)75-21(6)86)120-55-25(10-79)111-61(106)31(45(55)96)71-17(2)82)15-109-69-59(124-63-32(72-18(3)83)43(94)37(88)22(7-76)112-63)51(102)41(92)29(119-69)13-107-62-34(74-20(5)85)46(97)56(26(11-80)115-62)121-67-53(104)49(100)38(89)23(8-77)113-67/h16,22-70,76-81,87-106H,7-15H2,1-6H3,(H,71,82)(H,72,83)(H,73,84)(H,74,85)(H,75,86)/t16-,22+,23+,24+,25+,26+,27+,28+,29+,30+,31+,32+,33+,34+,35+,36+,37+,38-,39+,40+,41+,42+,43+,44+,45+,46+,47+,48+,49-,50-,51-,52-,53+,54-,55+,56+,57+,58-,59-,60-,61?,62+,63-,64-,65-,66+,67-,68-,69-,70+/m0/s1. The highest BCUT2D eigenvalue weighted by molar-refractivity contribution is 5.75. The molecule has 1 unspecified atom stereocenters. The fourth-order valence-electron chi connectivity index (χ4n) is 16.1. The molecular weight excluding hydrogens is 1710 g/mol. The molecule has 10 saturated heterocycles. The highest BCUT2D eigenvalue weighted by Gasteiger charge is 2.61. The lowest BCUT2D eigenvalue weighted by molar-refractivity contribution is -0.397. The Morgan fingerprint density at radius 3 is 0.960 bits per heavy atom. The van der Waals surface area contributed by atoms with Gasteiger partial charge in [-0.1, -0.05) is 0 Å². The van der Waals surface area contributed by atoms with E-state index in [0.29, 0.717) is 0 Å². The maximum absolute atomic E-state index is 13.1. The molecule has 10 aliphatic heterocycles. The summed E-state index contributed by atoms with van der Waals surface area (Å²) in [5.74, 6) is -4.53. The molecule has 0 saturated carbocycles. The lowest BCUT2D eigenvalue weighted by Gasteiger charge is -2.51. The highest BCUT2D eigenvalue weighted by Crippen LogP contribution is 2.40. The van der Waals surface area contributed by atoms with E-state index in [1.807, 2.05) is 0 Å². The molecule has 0 aromatic rings. The number of aliphatic hydroxyl groups is 26. The van der Waals surface area contributed by atoms with Crippen LogP contribution in [0.5, 0.6) is 0 Å². The molecule has 50 atom stereocenters. The first-order chi connectivity index (χ1) is 59.0. The third-order valence-corrected chi connectivity index (χ3v) is 22.8. The first-order valence-corrected chi connectivity index (χ1v) is 40.0. The lowest BCUT2D eigenvalue weighted by atomic mass is 9.93. The van der Waals surface area contributed by atoms with Crippen molar-refractivity contribution in [2.24, 2.45) is 0 Å². The number of aliphatic hydroxyl groups excluding tert-OH is 26. The molecule has 31 N–H and O–H groups in total. The van der Waals surface area contributed by atoms with Gasteiger partial charge < -0.3 is 249 Å². The Morgan fingerprint density at radius 1 is 0.224 bits per heavy atom. The van der Waals surface area contributed by atoms with Gasteiger partial charge in [0.25, 0.3) is 0 Å². The molecule has 10 rings (SSSR count). The second-order valence-corrected chi connectivity index (χ2v) is 31.8. The summed E-state index contributed by atoms with van der Waals surface area (Å²) < 4.78 is 113. The summed E-state index contributed by atoms with van der Waals surface area (Å²) in [6.45, 7) is -3.72. The van der Waals surface area contributed by atoms with E-state index in [0.717, 1.165) is 34.6 Å². The smallest absolute Gasteiger partial charge is 0.217 e. The molecule has 55 heteroatoms. The normalized spacial score (nSPS) is 48.7. The summed E-state index contributed by atoms with van der Waals surface area (Å²) >= 11 is 0. The highest BCUT2D eigenvalue weighted by atomic mass is 16.8. The van der Waals surface area contributed by atoms with Crippen LogP contribution in [0.3, 0.4) is 0 Å². The molecule has 0 bridgehead atoms. The van der Waals surface area contributed by atoms with Crippen LogP contribution in [-0.4, -0.2) is 529 Å². The van der Waals surface area contributed by atoms with Gasteiger partial charge in [0, 0.05) is 34.6 Å². The number of ether oxygens (including phenoxy) is 19. The predicted molar refractivity (Wildman–Crippen MR) is 386 cm³/mol. The van der Waals surface area contributed by atoms with Gasteiger partial charge in [0.2, 0.25) is 29.5 Å². The first kappa shape index (κ1) is 103. The Bertz CT molecular complexity index is 3420. The summed E-state index contributed by atoms with van der Waals surface area (Å²) in [7, 11) is 0. The van der Waals surface area contributed by atoms with Crippen LogP contribution in [-0.2, 0) is 114 Å². The van der Waals surface area contributed by atoms with Gasteiger partial charge in [-0.15, -0.1) is 0 Å². The molecular formula is C70H117N5O50. The van der Waals surface area contributed by atoms with E-state index in [2.05, 4.69) is 26.6 Å². The van der Waals surface area contributed by atoms with Crippen molar-refractivity contribution in [2.45, 2.75) is 348 Å². The second-order valence-electron chi connectivity index (χ2n) is 31.8. The number of carbonyl (C=O) groups excluding carboxylic acids is 5. The van der Waals surface area contributed by atoms with E-state index in [-0.39, 0.29) is 0 Å². The van der Waals surface area contributed by atoms with Crippen LogP contribution in [0.25, 0.3) is 0 Å². The summed E-state index contributed by atoms with van der Waals surface area (Å²) in [6.07, 6.45) is -93.2. The number of rotatable bonds is 32. The van der Waals surface area contributed by atoms with E-state index < -0.39 is 396 Å². The molecule has 5 amide bonds. The summed E-state index contributed by atoms with van der Waals surface area (Å²) in [5, 5.41) is 304. The maximum Gasteiger partial charge on any atom is 0.217 e. The van der Waals surface area contributed by atoms with E-state index in [1.54, 1.807) is 0 Å². The van der Waals surface area contributed by atoms with E-state index in [1.165, 1.54) is 6.92 Å². The van der Waals surface area contributed by atoms with Crippen LogP contribution in [0, 0.1) is 0 Å². The number of carbonyl (C=O) groups is 5. The topological polar surface area (TPSA) is 847 Å². The number of nitrogens with one attached hydrogen (secondary N) is 5. The Hall–Kier alpha value is -4.45. The van der Waals surface area contributed by atoms with Crippen molar-refractivity contribution in [2.75, 3.05) is 59.5 Å². The van der Waals surface area contributed by atoms with Crippen molar-refractivity contribution >= 4 is 29.5 Å². The van der Waals surface area contributed by atoms with Gasteiger partial charge in [-0.25, -0.2) is 0 Å². The van der Waals surface area contributed by atoms with Gasteiger partial charge in [0.1, 0.15) is 238 Å². The molecule has 55 nitrogen and oxygen atoms in total. The molecule has 0 aliphatic carbocycles. The van der Waals surface area contributed by atoms with Gasteiger partial charge in [0.15, 0.2) is 62.9 Å². The Balaban J connectivity index is 1.01. The SMILES string of the molecule is CC(=O)N[C@H]1[C@H](O[C@H]2[C@H](O)[C@@H](NC(C)=O)C(O)O[C@@H]2CO)O[C@H](CO)[C@@H](O[C@@H]2O[C@H](CO[C@H]3O[C@H](CO[C@@H]4O[C@H](CO)[C@@H](O[C@@H]5O[C@H](CO)[C@H](O)[C@H](O)[C@H]5O)[C@H](O)[C@H]4NC(C)=O)[C@@H](O)[C@H](O)[C@@H]3O[C@@H]3O[C@H](CO)[C@@H](O)[C@H](O)[C@H]3NC(C)=O)[C@@H](O)[C@H](O[C@H]3O[C@H](CO)[C@@H](O)[C@H](O)[C@@H]3O[C@@H]3O[C@H](CO[C@@H]4O[C@@H](C)[C@@H](O)[C@@H](O)[C@@H]4O)[C@@H](O)[C@H](O)[C@H]3NC(C)=O)[C@@H]2O)[C@@H]1O. The maximum atomic E-state index is 13.1. The van der Waals surface area contributed by atoms with Gasteiger partial charge in [-0.3, -0.25) is 24.0 Å². The molecule has 10 aliphatic rings. The van der Waals surface area contributed by atoms with Gasteiger partial charge in [0.05, 0.1) is 65.6 Å². The van der Waals surface area contributed by atoms with Crippen molar-refractivity contribution < 1.29 is 247 Å². The monoisotopic (exact) mass is 1830 g/mol. The summed E-state index contributed by atoms with van der Waals surface area (Å²) in [4.78, 5) is 63.8. The predicted octanol–water partition coefficient (Wildman–Crippen LogP) is -21.1. The quantitative estimate of drug-likeness (QED) is 0.0297. The van der Waals surface area contributed by atoms with E-state index in [4.69, 9.17) is 90.0 Å². The molecule has 0 spiro atoms. The van der Waals surface area contributed by atoms with Crippen LogP contribution in [0.15, 0.2) is 0 Å². The number of amides is 5.